The average molecular weight is 300 g/mol. The molecule has 6 heteroatoms. The maximum Gasteiger partial charge on any atom is 0.274 e. The van der Waals surface area contributed by atoms with Gasteiger partial charge in [-0.15, -0.1) is 5.10 Å². The fraction of sp³-hybridized carbons (Fsp3) is 0.438. The van der Waals surface area contributed by atoms with Crippen LogP contribution in [0.2, 0.25) is 0 Å². The molecule has 0 bridgehead atoms. The lowest BCUT2D eigenvalue weighted by molar-refractivity contribution is 0.0709. The van der Waals surface area contributed by atoms with Crippen molar-refractivity contribution >= 4 is 5.91 Å². The molecule has 1 saturated heterocycles. The zero-order valence-corrected chi connectivity index (χ0v) is 12.8. The van der Waals surface area contributed by atoms with Crippen LogP contribution < -0.4 is 5.32 Å². The fourth-order valence-electron chi connectivity index (χ4n) is 2.63. The first-order valence-corrected chi connectivity index (χ1v) is 7.57. The second-order valence-electron chi connectivity index (χ2n) is 5.57. The lowest BCUT2D eigenvalue weighted by Crippen LogP contribution is -2.41. The molecule has 0 radical (unpaired) electrons. The van der Waals surface area contributed by atoms with Crippen LogP contribution in [-0.2, 0) is 4.74 Å². The molecule has 1 N–H and O–H groups in total. The third-order valence-electron chi connectivity index (χ3n) is 3.87. The largest absolute Gasteiger partial charge is 0.376 e. The van der Waals surface area contributed by atoms with E-state index in [1.165, 1.54) is 4.80 Å². The van der Waals surface area contributed by atoms with Crippen LogP contribution in [0.5, 0.6) is 0 Å². The summed E-state index contributed by atoms with van der Waals surface area (Å²) in [6.45, 7) is 4.52. The van der Waals surface area contributed by atoms with Crippen LogP contribution in [0.25, 0.3) is 5.69 Å². The molecule has 1 aliphatic rings. The molecule has 2 aromatic rings. The molecule has 1 aromatic heterocycles. The first-order chi connectivity index (χ1) is 10.6. The lowest BCUT2D eigenvalue weighted by Gasteiger charge is -2.19. The zero-order chi connectivity index (χ0) is 15.5. The molecule has 1 fully saturated rings. The van der Waals surface area contributed by atoms with Gasteiger partial charge in [0.05, 0.1) is 23.5 Å². The van der Waals surface area contributed by atoms with Crippen LogP contribution in [0.1, 0.15) is 35.9 Å². The van der Waals surface area contributed by atoms with Gasteiger partial charge in [-0.05, 0) is 38.8 Å². The summed E-state index contributed by atoms with van der Waals surface area (Å²) in [6.07, 6.45) is 2.12. The Morgan fingerprint density at radius 1 is 1.36 bits per heavy atom. The predicted octanol–water partition coefficient (Wildman–Crippen LogP) is 1.87. The second kappa shape index (κ2) is 6.27. The van der Waals surface area contributed by atoms with E-state index in [-0.39, 0.29) is 18.1 Å². The molecule has 116 valence electrons. The van der Waals surface area contributed by atoms with Crippen molar-refractivity contribution in [2.24, 2.45) is 0 Å². The van der Waals surface area contributed by atoms with Gasteiger partial charge in [0.2, 0.25) is 0 Å². The Balaban J connectivity index is 1.74. The number of benzene rings is 1. The van der Waals surface area contributed by atoms with E-state index in [0.29, 0.717) is 11.4 Å². The van der Waals surface area contributed by atoms with E-state index in [2.05, 4.69) is 15.5 Å². The number of hydrogen-bond donors (Lipinski definition) is 1. The number of aryl methyl sites for hydroxylation is 1. The molecule has 2 heterocycles. The maximum atomic E-state index is 12.4. The van der Waals surface area contributed by atoms with Gasteiger partial charge in [0.15, 0.2) is 5.69 Å². The molecule has 0 unspecified atom stereocenters. The van der Waals surface area contributed by atoms with E-state index >= 15 is 0 Å². The summed E-state index contributed by atoms with van der Waals surface area (Å²) in [5.41, 5.74) is 1.80. The van der Waals surface area contributed by atoms with E-state index in [4.69, 9.17) is 4.74 Å². The number of nitrogens with zero attached hydrogens (tertiary/aromatic N) is 3. The van der Waals surface area contributed by atoms with E-state index in [9.17, 15) is 4.79 Å². The molecule has 0 saturated carbocycles. The standard InChI is InChI=1S/C16H20N4O2/c1-11(14-9-6-10-22-14)17-16(21)15-12(2)18-20(19-15)13-7-4-3-5-8-13/h3-5,7-8,11,14H,6,9-10H2,1-2H3,(H,17,21)/t11-,14-/m1/s1. The van der Waals surface area contributed by atoms with Crippen molar-refractivity contribution in [2.45, 2.75) is 38.8 Å². The molecule has 0 aliphatic carbocycles. The van der Waals surface area contributed by atoms with Crippen molar-refractivity contribution in [3.63, 3.8) is 0 Å². The van der Waals surface area contributed by atoms with Gasteiger partial charge in [-0.3, -0.25) is 4.79 Å². The average Bonchev–Trinajstić information content (AvgIpc) is 3.17. The first-order valence-electron chi connectivity index (χ1n) is 7.57. The van der Waals surface area contributed by atoms with Crippen LogP contribution in [0, 0.1) is 6.92 Å². The minimum absolute atomic E-state index is 0.0312. The molecule has 22 heavy (non-hydrogen) atoms. The minimum atomic E-state index is -0.206. The Morgan fingerprint density at radius 2 is 2.14 bits per heavy atom. The van der Waals surface area contributed by atoms with Crippen LogP contribution in [0.4, 0.5) is 0 Å². The quantitative estimate of drug-likeness (QED) is 0.936. The molecule has 1 aromatic carbocycles. The zero-order valence-electron chi connectivity index (χ0n) is 12.8. The number of hydrogen-bond acceptors (Lipinski definition) is 4. The molecule has 1 amide bonds. The summed E-state index contributed by atoms with van der Waals surface area (Å²) < 4.78 is 5.60. The van der Waals surface area contributed by atoms with E-state index < -0.39 is 0 Å². The van der Waals surface area contributed by atoms with Crippen molar-refractivity contribution in [3.8, 4) is 5.69 Å². The smallest absolute Gasteiger partial charge is 0.274 e. The maximum absolute atomic E-state index is 12.4. The van der Waals surface area contributed by atoms with Gasteiger partial charge in [0, 0.05) is 6.61 Å². The van der Waals surface area contributed by atoms with Crippen LogP contribution in [-0.4, -0.2) is 39.7 Å². The Bertz CT molecular complexity index is 647. The number of carbonyl (C=O) groups excluding carboxylic acids is 1. The summed E-state index contributed by atoms with van der Waals surface area (Å²) in [6, 6.07) is 9.51. The summed E-state index contributed by atoms with van der Waals surface area (Å²) >= 11 is 0. The lowest BCUT2D eigenvalue weighted by atomic mass is 10.1. The second-order valence-corrected chi connectivity index (χ2v) is 5.57. The number of nitrogens with one attached hydrogen (secondary N) is 1. The first kappa shape index (κ1) is 14.7. The Labute approximate surface area is 129 Å². The van der Waals surface area contributed by atoms with Gasteiger partial charge in [0.1, 0.15) is 0 Å². The van der Waals surface area contributed by atoms with Gasteiger partial charge in [0.25, 0.3) is 5.91 Å². The third kappa shape index (κ3) is 3.01. The number of carbonyl (C=O) groups is 1. The Kier molecular flexibility index (Phi) is 4.20. The van der Waals surface area contributed by atoms with Crippen LogP contribution in [0.15, 0.2) is 30.3 Å². The Morgan fingerprint density at radius 3 is 2.82 bits per heavy atom. The number of aromatic nitrogens is 3. The fourth-order valence-corrected chi connectivity index (χ4v) is 2.63. The van der Waals surface area contributed by atoms with Gasteiger partial charge >= 0.3 is 0 Å². The van der Waals surface area contributed by atoms with Crippen molar-refractivity contribution in [1.82, 2.24) is 20.3 Å². The van der Waals surface area contributed by atoms with Gasteiger partial charge in [-0.25, -0.2) is 0 Å². The van der Waals surface area contributed by atoms with Crippen molar-refractivity contribution in [3.05, 3.63) is 41.7 Å². The normalized spacial score (nSPS) is 19.1. The van der Waals surface area contributed by atoms with E-state index in [1.54, 1.807) is 6.92 Å². The summed E-state index contributed by atoms with van der Waals surface area (Å²) in [7, 11) is 0. The molecule has 2 atom stereocenters. The highest BCUT2D eigenvalue weighted by Crippen LogP contribution is 2.16. The molecule has 6 nitrogen and oxygen atoms in total. The van der Waals surface area contributed by atoms with E-state index in [1.807, 2.05) is 37.3 Å². The topological polar surface area (TPSA) is 69.0 Å². The SMILES string of the molecule is Cc1nn(-c2ccccc2)nc1C(=O)N[C@H](C)[C@H]1CCCO1. The van der Waals surface area contributed by atoms with Crippen molar-refractivity contribution in [1.29, 1.82) is 0 Å². The summed E-state index contributed by atoms with van der Waals surface area (Å²) in [5, 5.41) is 11.6. The summed E-state index contributed by atoms with van der Waals surface area (Å²) in [4.78, 5) is 13.9. The minimum Gasteiger partial charge on any atom is -0.376 e. The number of ether oxygens (including phenoxy) is 1. The Hall–Kier alpha value is -2.21. The number of rotatable bonds is 4. The molecule has 1 aliphatic heterocycles. The third-order valence-corrected chi connectivity index (χ3v) is 3.87. The molecular formula is C16H20N4O2. The summed E-state index contributed by atoms with van der Waals surface area (Å²) in [5.74, 6) is -0.206. The highest BCUT2D eigenvalue weighted by atomic mass is 16.5. The number of amides is 1. The van der Waals surface area contributed by atoms with Crippen LogP contribution >= 0.6 is 0 Å². The van der Waals surface area contributed by atoms with Crippen molar-refractivity contribution < 1.29 is 9.53 Å². The van der Waals surface area contributed by atoms with Crippen molar-refractivity contribution in [2.75, 3.05) is 6.61 Å². The highest BCUT2D eigenvalue weighted by molar-refractivity contribution is 5.93. The predicted molar refractivity (Wildman–Crippen MR) is 82.0 cm³/mol. The van der Waals surface area contributed by atoms with Gasteiger partial charge in [-0.1, -0.05) is 18.2 Å². The number of para-hydroxylation sites is 1. The highest BCUT2D eigenvalue weighted by Gasteiger charge is 2.25. The van der Waals surface area contributed by atoms with Crippen LogP contribution in [0.3, 0.4) is 0 Å². The molecule has 0 spiro atoms. The van der Waals surface area contributed by atoms with E-state index in [0.717, 1.165) is 25.1 Å². The molecule has 3 rings (SSSR count). The van der Waals surface area contributed by atoms with Gasteiger partial charge < -0.3 is 10.1 Å². The monoisotopic (exact) mass is 300 g/mol. The molecular weight excluding hydrogens is 280 g/mol. The van der Waals surface area contributed by atoms with Gasteiger partial charge in [-0.2, -0.15) is 9.90 Å².